The standard InChI is InChI=1S/C16H13BrN2O4S2/c1-3-23-11(20)7-19-15(22)13(25-16(19)24)12-9-6-8(17)4-5-10(9)18(2)14(12)21/h4-6H,3,7H2,1-2H3/b13-12-. The van der Waals surface area contributed by atoms with Crippen molar-refractivity contribution in [3.05, 3.63) is 33.1 Å². The van der Waals surface area contributed by atoms with Crippen LogP contribution in [0, 0.1) is 0 Å². The predicted molar refractivity (Wildman–Crippen MR) is 103 cm³/mol. The first-order valence-electron chi connectivity index (χ1n) is 7.36. The second kappa shape index (κ2) is 6.89. The van der Waals surface area contributed by atoms with Gasteiger partial charge in [-0.15, -0.1) is 0 Å². The van der Waals surface area contributed by atoms with Crippen LogP contribution in [0.3, 0.4) is 0 Å². The summed E-state index contributed by atoms with van der Waals surface area (Å²) in [6, 6.07) is 5.44. The molecule has 0 atom stereocenters. The number of thioether (sulfide) groups is 1. The molecule has 6 nitrogen and oxygen atoms in total. The average Bonchev–Trinajstić information content (AvgIpc) is 2.96. The lowest BCUT2D eigenvalue weighted by Gasteiger charge is -2.13. The highest BCUT2D eigenvalue weighted by molar-refractivity contribution is 9.10. The highest BCUT2D eigenvalue weighted by Crippen LogP contribution is 2.44. The summed E-state index contributed by atoms with van der Waals surface area (Å²) in [6.07, 6.45) is 0. The first-order valence-corrected chi connectivity index (χ1v) is 9.38. The van der Waals surface area contributed by atoms with Crippen molar-refractivity contribution in [1.29, 1.82) is 0 Å². The molecule has 0 aromatic heterocycles. The van der Waals surface area contributed by atoms with Crippen molar-refractivity contribution in [2.24, 2.45) is 0 Å². The van der Waals surface area contributed by atoms with Crippen LogP contribution >= 0.6 is 39.9 Å². The zero-order valence-corrected chi connectivity index (χ0v) is 16.6. The third-order valence-electron chi connectivity index (χ3n) is 3.78. The molecule has 1 aromatic rings. The molecular weight excluding hydrogens is 428 g/mol. The SMILES string of the molecule is CCOC(=O)CN1C(=O)/C(=C2/C(=O)N(C)c3ccc(Br)cc32)SC1=S. The highest BCUT2D eigenvalue weighted by atomic mass is 79.9. The monoisotopic (exact) mass is 440 g/mol. The number of ether oxygens (including phenoxy) is 1. The van der Waals surface area contributed by atoms with Gasteiger partial charge in [-0.05, 0) is 25.1 Å². The summed E-state index contributed by atoms with van der Waals surface area (Å²) in [5, 5.41) is 0. The average molecular weight is 441 g/mol. The summed E-state index contributed by atoms with van der Waals surface area (Å²) in [5.41, 5.74) is 1.69. The summed E-state index contributed by atoms with van der Waals surface area (Å²) >= 11 is 9.64. The number of fused-ring (bicyclic) bond motifs is 1. The number of thiocarbonyl (C=S) groups is 1. The quantitative estimate of drug-likeness (QED) is 0.408. The Balaban J connectivity index is 2.03. The zero-order valence-electron chi connectivity index (χ0n) is 13.4. The van der Waals surface area contributed by atoms with Gasteiger partial charge in [-0.25, -0.2) is 0 Å². The van der Waals surface area contributed by atoms with E-state index in [0.29, 0.717) is 11.1 Å². The third kappa shape index (κ3) is 3.11. The number of benzene rings is 1. The molecule has 0 N–H and O–H groups in total. The van der Waals surface area contributed by atoms with Crippen LogP contribution in [0.1, 0.15) is 12.5 Å². The Morgan fingerprint density at radius 3 is 2.72 bits per heavy atom. The van der Waals surface area contributed by atoms with Crippen molar-refractivity contribution in [3.63, 3.8) is 0 Å². The number of hydrogen-bond acceptors (Lipinski definition) is 6. The summed E-state index contributed by atoms with van der Waals surface area (Å²) in [7, 11) is 1.65. The normalized spacial score (nSPS) is 19.7. The van der Waals surface area contributed by atoms with Crippen LogP contribution in [-0.2, 0) is 19.1 Å². The van der Waals surface area contributed by atoms with Gasteiger partial charge in [0.05, 0.1) is 22.8 Å². The lowest BCUT2D eigenvalue weighted by molar-refractivity contribution is -0.145. The van der Waals surface area contributed by atoms with E-state index in [1.54, 1.807) is 20.0 Å². The largest absolute Gasteiger partial charge is 0.465 e. The number of rotatable bonds is 3. The molecule has 1 aromatic carbocycles. The fourth-order valence-electron chi connectivity index (χ4n) is 2.63. The molecule has 1 fully saturated rings. The predicted octanol–water partition coefficient (Wildman–Crippen LogP) is 2.56. The molecule has 25 heavy (non-hydrogen) atoms. The maximum Gasteiger partial charge on any atom is 0.326 e. The second-order valence-electron chi connectivity index (χ2n) is 5.29. The Morgan fingerprint density at radius 1 is 1.32 bits per heavy atom. The lowest BCUT2D eigenvalue weighted by atomic mass is 10.1. The van der Waals surface area contributed by atoms with Crippen molar-refractivity contribution >= 4 is 73.3 Å². The van der Waals surface area contributed by atoms with Crippen LogP contribution in [0.2, 0.25) is 0 Å². The van der Waals surface area contributed by atoms with Crippen molar-refractivity contribution in [2.45, 2.75) is 6.92 Å². The minimum absolute atomic E-state index is 0.222. The topological polar surface area (TPSA) is 66.9 Å². The molecule has 0 saturated carbocycles. The van der Waals surface area contributed by atoms with Gasteiger partial charge in [0.2, 0.25) is 0 Å². The van der Waals surface area contributed by atoms with Gasteiger partial charge >= 0.3 is 5.97 Å². The van der Waals surface area contributed by atoms with Crippen LogP contribution in [-0.4, -0.2) is 47.2 Å². The number of halogens is 1. The molecule has 2 heterocycles. The molecule has 9 heteroatoms. The van der Waals surface area contributed by atoms with E-state index >= 15 is 0 Å². The van der Waals surface area contributed by atoms with Gasteiger partial charge < -0.3 is 9.64 Å². The fraction of sp³-hybridized carbons (Fsp3) is 0.250. The van der Waals surface area contributed by atoms with Crippen molar-refractivity contribution in [2.75, 3.05) is 25.1 Å². The number of esters is 1. The van der Waals surface area contributed by atoms with Crippen molar-refractivity contribution in [3.8, 4) is 0 Å². The van der Waals surface area contributed by atoms with Crippen LogP contribution in [0.15, 0.2) is 27.6 Å². The van der Waals surface area contributed by atoms with E-state index in [1.165, 1.54) is 9.80 Å². The minimum atomic E-state index is -0.539. The molecule has 3 rings (SSSR count). The Morgan fingerprint density at radius 2 is 2.04 bits per heavy atom. The van der Waals surface area contributed by atoms with Gasteiger partial charge in [0.25, 0.3) is 11.8 Å². The third-order valence-corrected chi connectivity index (χ3v) is 5.72. The molecule has 0 radical (unpaired) electrons. The number of anilines is 1. The van der Waals surface area contributed by atoms with E-state index in [2.05, 4.69) is 15.9 Å². The molecule has 2 aliphatic heterocycles. The van der Waals surface area contributed by atoms with Gasteiger partial charge in [-0.3, -0.25) is 19.3 Å². The van der Waals surface area contributed by atoms with E-state index in [1.807, 2.05) is 12.1 Å². The number of likely N-dealkylation sites (N-methyl/N-ethyl adjacent to an activating group) is 1. The lowest BCUT2D eigenvalue weighted by Crippen LogP contribution is -2.34. The molecule has 2 aliphatic rings. The van der Waals surface area contributed by atoms with Crippen LogP contribution in [0.25, 0.3) is 5.57 Å². The summed E-state index contributed by atoms with van der Waals surface area (Å²) in [6.45, 7) is 1.65. The highest BCUT2D eigenvalue weighted by Gasteiger charge is 2.41. The van der Waals surface area contributed by atoms with Crippen molar-refractivity contribution in [1.82, 2.24) is 4.90 Å². The van der Waals surface area contributed by atoms with Crippen molar-refractivity contribution < 1.29 is 19.1 Å². The number of amides is 2. The maximum atomic E-state index is 12.8. The minimum Gasteiger partial charge on any atom is -0.465 e. The summed E-state index contributed by atoms with van der Waals surface area (Å²) in [4.78, 5) is 40.0. The molecule has 0 aliphatic carbocycles. The van der Waals surface area contributed by atoms with Gasteiger partial charge in [0.1, 0.15) is 10.9 Å². The first kappa shape index (κ1) is 18.1. The Hall–Kier alpha value is -1.71. The van der Waals surface area contributed by atoms with Crippen LogP contribution < -0.4 is 4.90 Å². The number of carbonyl (C=O) groups is 3. The van der Waals surface area contributed by atoms with E-state index < -0.39 is 11.9 Å². The van der Waals surface area contributed by atoms with Crippen LogP contribution in [0.5, 0.6) is 0 Å². The smallest absolute Gasteiger partial charge is 0.326 e. The van der Waals surface area contributed by atoms with Gasteiger partial charge in [-0.1, -0.05) is 39.9 Å². The molecule has 0 spiro atoms. The number of hydrogen-bond donors (Lipinski definition) is 0. The van der Waals surface area contributed by atoms with E-state index in [0.717, 1.165) is 21.9 Å². The van der Waals surface area contributed by atoms with Gasteiger partial charge in [0.15, 0.2) is 0 Å². The number of carbonyl (C=O) groups excluding carboxylic acids is 3. The number of nitrogens with zero attached hydrogens (tertiary/aromatic N) is 2. The summed E-state index contributed by atoms with van der Waals surface area (Å²) < 4.78 is 5.91. The fourth-order valence-corrected chi connectivity index (χ4v) is 4.32. The molecule has 130 valence electrons. The molecule has 0 bridgehead atoms. The van der Waals surface area contributed by atoms with E-state index in [-0.39, 0.29) is 28.3 Å². The molecule has 2 amide bonds. The van der Waals surface area contributed by atoms with Gasteiger partial charge in [-0.2, -0.15) is 0 Å². The molecular formula is C16H13BrN2O4S2. The Labute approximate surface area is 162 Å². The van der Waals surface area contributed by atoms with E-state index in [9.17, 15) is 14.4 Å². The zero-order chi connectivity index (χ0) is 18.3. The van der Waals surface area contributed by atoms with Crippen LogP contribution in [0.4, 0.5) is 5.69 Å². The first-order chi connectivity index (χ1) is 11.8. The Bertz CT molecular complexity index is 853. The maximum absolute atomic E-state index is 12.8. The molecule has 1 saturated heterocycles. The second-order valence-corrected chi connectivity index (χ2v) is 7.85. The summed E-state index contributed by atoms with van der Waals surface area (Å²) in [5.74, 6) is -1.26. The Kier molecular flexibility index (Phi) is 4.99. The van der Waals surface area contributed by atoms with Gasteiger partial charge in [0, 0.05) is 17.1 Å². The molecule has 0 unspecified atom stereocenters. The van der Waals surface area contributed by atoms with E-state index in [4.69, 9.17) is 17.0 Å².